The molecule has 1 aromatic carbocycles. The van der Waals surface area contributed by atoms with Crippen molar-refractivity contribution < 1.29 is 15.0 Å². The van der Waals surface area contributed by atoms with Crippen LogP contribution >= 0.6 is 0 Å². The van der Waals surface area contributed by atoms with E-state index in [-0.39, 0.29) is 30.5 Å². The van der Waals surface area contributed by atoms with Crippen molar-refractivity contribution in [1.29, 1.82) is 0 Å². The smallest absolute Gasteiger partial charge is 0.224 e. The van der Waals surface area contributed by atoms with E-state index in [4.69, 9.17) is 0 Å². The van der Waals surface area contributed by atoms with Gasteiger partial charge >= 0.3 is 0 Å². The third-order valence-corrected chi connectivity index (χ3v) is 2.55. The number of aromatic hydroxyl groups is 1. The normalized spacial score (nSPS) is 12.5. The van der Waals surface area contributed by atoms with Gasteiger partial charge < -0.3 is 15.5 Å². The van der Waals surface area contributed by atoms with E-state index in [9.17, 15) is 15.0 Å². The van der Waals surface area contributed by atoms with Crippen molar-refractivity contribution in [2.45, 2.75) is 26.4 Å². The Morgan fingerprint density at radius 3 is 2.71 bits per heavy atom. The summed E-state index contributed by atoms with van der Waals surface area (Å²) in [6, 6.07) is 6.58. The summed E-state index contributed by atoms with van der Waals surface area (Å²) in [6.45, 7) is 4.05. The van der Waals surface area contributed by atoms with Crippen molar-refractivity contribution >= 4 is 5.91 Å². The molecule has 0 aliphatic carbocycles. The van der Waals surface area contributed by atoms with Crippen LogP contribution in [0.3, 0.4) is 0 Å². The van der Waals surface area contributed by atoms with Gasteiger partial charge in [0.15, 0.2) is 0 Å². The Kier molecular flexibility index (Phi) is 4.97. The summed E-state index contributed by atoms with van der Waals surface area (Å²) < 4.78 is 0. The highest BCUT2D eigenvalue weighted by molar-refractivity contribution is 5.78. The van der Waals surface area contributed by atoms with Gasteiger partial charge in [0, 0.05) is 6.54 Å². The van der Waals surface area contributed by atoms with Gasteiger partial charge in [0.05, 0.1) is 12.5 Å². The monoisotopic (exact) mass is 237 g/mol. The third-order valence-electron chi connectivity index (χ3n) is 2.55. The lowest BCUT2D eigenvalue weighted by molar-refractivity contribution is -0.121. The van der Waals surface area contributed by atoms with Gasteiger partial charge in [0.25, 0.3) is 0 Å². The zero-order valence-electron chi connectivity index (χ0n) is 10.2. The van der Waals surface area contributed by atoms with E-state index < -0.39 is 6.10 Å². The molecule has 1 rings (SSSR count). The molecule has 0 heterocycles. The van der Waals surface area contributed by atoms with Crippen LogP contribution in [0.25, 0.3) is 0 Å². The van der Waals surface area contributed by atoms with E-state index in [1.54, 1.807) is 24.3 Å². The van der Waals surface area contributed by atoms with Crippen LogP contribution in [0.15, 0.2) is 24.3 Å². The largest absolute Gasteiger partial charge is 0.508 e. The Hall–Kier alpha value is -1.55. The van der Waals surface area contributed by atoms with Crippen LogP contribution < -0.4 is 5.32 Å². The maximum Gasteiger partial charge on any atom is 0.224 e. The number of nitrogens with one attached hydrogen (secondary N) is 1. The number of aliphatic hydroxyl groups is 1. The van der Waals surface area contributed by atoms with E-state index in [1.807, 2.05) is 13.8 Å². The number of phenolic OH excluding ortho intramolecular Hbond substituents is 1. The number of hydrogen-bond acceptors (Lipinski definition) is 3. The zero-order chi connectivity index (χ0) is 12.8. The van der Waals surface area contributed by atoms with Gasteiger partial charge in [-0.25, -0.2) is 0 Å². The first-order valence-electron chi connectivity index (χ1n) is 5.71. The highest BCUT2D eigenvalue weighted by atomic mass is 16.3. The first kappa shape index (κ1) is 13.5. The predicted octanol–water partition coefficient (Wildman–Crippen LogP) is 1.07. The molecule has 1 amide bonds. The summed E-state index contributed by atoms with van der Waals surface area (Å²) >= 11 is 0. The average molecular weight is 237 g/mol. The second-order valence-electron chi connectivity index (χ2n) is 4.46. The quantitative estimate of drug-likeness (QED) is 0.717. The molecular weight excluding hydrogens is 218 g/mol. The molecule has 0 aromatic heterocycles. The standard InChI is InChI=1S/C13H19NO3/c1-9(2)12(16)8-14-13(17)7-10-4-3-5-11(15)6-10/h3-6,9,12,15-16H,7-8H2,1-2H3,(H,14,17). The fourth-order valence-electron chi connectivity index (χ4n) is 1.37. The van der Waals surface area contributed by atoms with Gasteiger partial charge in [-0.3, -0.25) is 4.79 Å². The minimum atomic E-state index is -0.525. The fraction of sp³-hybridized carbons (Fsp3) is 0.462. The van der Waals surface area contributed by atoms with Crippen molar-refractivity contribution in [3.05, 3.63) is 29.8 Å². The lowest BCUT2D eigenvalue weighted by Gasteiger charge is -2.15. The second kappa shape index (κ2) is 6.25. The average Bonchev–Trinajstić information content (AvgIpc) is 2.25. The molecule has 0 saturated carbocycles. The van der Waals surface area contributed by atoms with Gasteiger partial charge in [-0.15, -0.1) is 0 Å². The highest BCUT2D eigenvalue weighted by Crippen LogP contribution is 2.11. The first-order valence-corrected chi connectivity index (χ1v) is 5.71. The summed E-state index contributed by atoms with van der Waals surface area (Å²) in [5.74, 6) is 0.115. The zero-order valence-corrected chi connectivity index (χ0v) is 10.2. The Labute approximate surface area is 101 Å². The van der Waals surface area contributed by atoms with Crippen LogP contribution in [0.2, 0.25) is 0 Å². The van der Waals surface area contributed by atoms with E-state index >= 15 is 0 Å². The van der Waals surface area contributed by atoms with E-state index in [2.05, 4.69) is 5.32 Å². The molecule has 4 nitrogen and oxygen atoms in total. The first-order chi connectivity index (χ1) is 7.99. The van der Waals surface area contributed by atoms with Gasteiger partial charge in [-0.2, -0.15) is 0 Å². The molecule has 0 fully saturated rings. The Morgan fingerprint density at radius 1 is 1.41 bits per heavy atom. The van der Waals surface area contributed by atoms with Crippen molar-refractivity contribution in [1.82, 2.24) is 5.32 Å². The van der Waals surface area contributed by atoms with Crippen LogP contribution in [0.4, 0.5) is 0 Å². The molecule has 3 N–H and O–H groups in total. The summed E-state index contributed by atoms with van der Waals surface area (Å²) in [5.41, 5.74) is 0.751. The molecule has 0 radical (unpaired) electrons. The molecule has 1 unspecified atom stereocenters. The molecular formula is C13H19NO3. The Bertz CT molecular complexity index is 377. The van der Waals surface area contributed by atoms with Crippen molar-refractivity contribution in [2.24, 2.45) is 5.92 Å². The van der Waals surface area contributed by atoms with Crippen molar-refractivity contribution in [3.63, 3.8) is 0 Å². The van der Waals surface area contributed by atoms with E-state index in [0.717, 1.165) is 5.56 Å². The van der Waals surface area contributed by atoms with Crippen LogP contribution in [-0.2, 0) is 11.2 Å². The second-order valence-corrected chi connectivity index (χ2v) is 4.46. The van der Waals surface area contributed by atoms with Gasteiger partial charge in [-0.05, 0) is 23.6 Å². The number of carbonyl (C=O) groups excluding carboxylic acids is 1. The van der Waals surface area contributed by atoms with E-state index in [0.29, 0.717) is 0 Å². The van der Waals surface area contributed by atoms with Crippen molar-refractivity contribution in [3.8, 4) is 5.75 Å². The molecule has 1 atom stereocenters. The SMILES string of the molecule is CC(C)C(O)CNC(=O)Cc1cccc(O)c1. The summed E-state index contributed by atoms with van der Waals surface area (Å²) in [7, 11) is 0. The predicted molar refractivity (Wildman–Crippen MR) is 65.7 cm³/mol. The molecule has 4 heteroatoms. The molecule has 0 aliphatic heterocycles. The minimum Gasteiger partial charge on any atom is -0.508 e. The lowest BCUT2D eigenvalue weighted by atomic mass is 10.1. The van der Waals surface area contributed by atoms with Crippen LogP contribution in [-0.4, -0.2) is 28.8 Å². The highest BCUT2D eigenvalue weighted by Gasteiger charge is 2.11. The van der Waals surface area contributed by atoms with Gasteiger partial charge in [0.1, 0.15) is 5.75 Å². The molecule has 0 bridgehead atoms. The number of aliphatic hydroxyl groups excluding tert-OH is 1. The minimum absolute atomic E-state index is 0.121. The van der Waals surface area contributed by atoms with E-state index in [1.165, 1.54) is 0 Å². The van der Waals surface area contributed by atoms with Gasteiger partial charge in [0.2, 0.25) is 5.91 Å². The Morgan fingerprint density at radius 2 is 2.12 bits per heavy atom. The maximum atomic E-state index is 11.5. The number of benzene rings is 1. The number of hydrogen-bond donors (Lipinski definition) is 3. The Balaban J connectivity index is 2.40. The van der Waals surface area contributed by atoms with Crippen LogP contribution in [0, 0.1) is 5.92 Å². The summed E-state index contributed by atoms with van der Waals surface area (Å²) in [5, 5.41) is 21.4. The van der Waals surface area contributed by atoms with Crippen LogP contribution in [0.1, 0.15) is 19.4 Å². The maximum absolute atomic E-state index is 11.5. The lowest BCUT2D eigenvalue weighted by Crippen LogP contribution is -2.35. The number of carbonyl (C=O) groups is 1. The molecule has 0 saturated heterocycles. The molecule has 1 aromatic rings. The molecule has 94 valence electrons. The molecule has 17 heavy (non-hydrogen) atoms. The summed E-state index contributed by atoms with van der Waals surface area (Å²) in [6.07, 6.45) is -0.317. The topological polar surface area (TPSA) is 69.6 Å². The number of rotatable bonds is 5. The number of phenols is 1. The van der Waals surface area contributed by atoms with Crippen LogP contribution in [0.5, 0.6) is 5.75 Å². The summed E-state index contributed by atoms with van der Waals surface area (Å²) in [4.78, 5) is 11.5. The number of amides is 1. The van der Waals surface area contributed by atoms with Gasteiger partial charge in [-0.1, -0.05) is 26.0 Å². The third kappa shape index (κ3) is 4.87. The van der Waals surface area contributed by atoms with Crippen molar-refractivity contribution in [2.75, 3.05) is 6.54 Å². The fourth-order valence-corrected chi connectivity index (χ4v) is 1.37. The molecule has 0 aliphatic rings. The molecule has 0 spiro atoms.